The Morgan fingerprint density at radius 3 is 1.90 bits per heavy atom. The van der Waals surface area contributed by atoms with Crippen LogP contribution in [0.5, 0.6) is 0 Å². The predicted octanol–water partition coefficient (Wildman–Crippen LogP) is 3.58. The molecule has 5 rings (SSSR count). The van der Waals surface area contributed by atoms with Crippen molar-refractivity contribution in [1.29, 1.82) is 0 Å². The van der Waals surface area contributed by atoms with Crippen molar-refractivity contribution in [3.8, 4) is 0 Å². The Hall–Kier alpha value is -2.09. The van der Waals surface area contributed by atoms with Gasteiger partial charge in [0.05, 0.1) is 6.61 Å². The molecule has 0 aliphatic heterocycles. The summed E-state index contributed by atoms with van der Waals surface area (Å²) < 4.78 is 5.47. The highest BCUT2D eigenvalue weighted by Crippen LogP contribution is 2.85. The van der Waals surface area contributed by atoms with E-state index < -0.39 is 0 Å². The molecule has 0 saturated heterocycles. The lowest BCUT2D eigenvalue weighted by atomic mass is 9.85. The van der Waals surface area contributed by atoms with Crippen LogP contribution in [0.4, 0.5) is 0 Å². The molecule has 3 aliphatic rings. The van der Waals surface area contributed by atoms with Crippen LogP contribution in [0.3, 0.4) is 0 Å². The Bertz CT molecular complexity index is 723. The standard InChI is InChI=1S/C19H16O2/c1-11(20)21-10-19-16-12-6-2-4-8-14(12)17(19)18(19)15-9-5-3-7-13(15)16/h2-9,16-18H,10H2,1H3/t16?,17-,18+,19?. The Kier molecular flexibility index (Phi) is 1.96. The number of fused-ring (bicyclic) bond motifs is 7. The summed E-state index contributed by atoms with van der Waals surface area (Å²) in [6.45, 7) is 2.05. The topological polar surface area (TPSA) is 26.3 Å². The number of benzene rings is 2. The molecule has 0 N–H and O–H groups in total. The minimum absolute atomic E-state index is 0.0963. The van der Waals surface area contributed by atoms with Crippen LogP contribution in [0, 0.1) is 5.41 Å². The summed E-state index contributed by atoms with van der Waals surface area (Å²) in [5, 5.41) is 0. The second-order valence-electron chi connectivity index (χ2n) is 6.54. The fourth-order valence-corrected chi connectivity index (χ4v) is 5.11. The smallest absolute Gasteiger partial charge is 0.302 e. The third-order valence-corrected chi connectivity index (χ3v) is 5.73. The first kappa shape index (κ1) is 11.6. The Balaban J connectivity index is 1.70. The van der Waals surface area contributed by atoms with E-state index in [2.05, 4.69) is 48.5 Å². The lowest BCUT2D eigenvalue weighted by molar-refractivity contribution is -0.142. The monoisotopic (exact) mass is 276 g/mol. The molecule has 3 aliphatic carbocycles. The van der Waals surface area contributed by atoms with Gasteiger partial charge in [0.2, 0.25) is 0 Å². The van der Waals surface area contributed by atoms with E-state index in [-0.39, 0.29) is 11.4 Å². The van der Waals surface area contributed by atoms with E-state index in [0.29, 0.717) is 24.4 Å². The van der Waals surface area contributed by atoms with E-state index in [1.54, 1.807) is 0 Å². The van der Waals surface area contributed by atoms with Gasteiger partial charge >= 0.3 is 5.97 Å². The van der Waals surface area contributed by atoms with E-state index in [9.17, 15) is 4.79 Å². The van der Waals surface area contributed by atoms with E-state index >= 15 is 0 Å². The molecule has 0 heterocycles. The SMILES string of the molecule is CC(=O)OCC12C3c4ccccc4[C@@H]1[C@@H]2c1ccccc13. The van der Waals surface area contributed by atoms with Gasteiger partial charge in [0.25, 0.3) is 0 Å². The first-order chi connectivity index (χ1) is 10.2. The molecule has 0 amide bonds. The fraction of sp³-hybridized carbons (Fsp3) is 0.316. The van der Waals surface area contributed by atoms with Crippen LogP contribution in [0.1, 0.15) is 46.9 Å². The average Bonchev–Trinajstić information content (AvgIpc) is 2.99. The maximum atomic E-state index is 11.3. The van der Waals surface area contributed by atoms with Gasteiger partial charge in [-0.3, -0.25) is 4.79 Å². The van der Waals surface area contributed by atoms with Gasteiger partial charge < -0.3 is 4.74 Å². The van der Waals surface area contributed by atoms with Gasteiger partial charge in [0.1, 0.15) is 0 Å². The highest BCUT2D eigenvalue weighted by Gasteiger charge is 2.78. The summed E-state index contributed by atoms with van der Waals surface area (Å²) in [7, 11) is 0. The third-order valence-electron chi connectivity index (χ3n) is 5.73. The molecule has 1 saturated carbocycles. The van der Waals surface area contributed by atoms with E-state index in [0.717, 1.165) is 0 Å². The van der Waals surface area contributed by atoms with Crippen LogP contribution >= 0.6 is 0 Å². The Labute approximate surface area is 123 Å². The number of esters is 1. The normalized spacial score (nSPS) is 33.1. The lowest BCUT2D eigenvalue weighted by Crippen LogP contribution is -2.19. The van der Waals surface area contributed by atoms with Crippen molar-refractivity contribution < 1.29 is 9.53 Å². The molecule has 2 aromatic rings. The summed E-state index contributed by atoms with van der Waals surface area (Å²) in [5.74, 6) is 1.30. The van der Waals surface area contributed by atoms with Crippen molar-refractivity contribution in [2.45, 2.75) is 24.7 Å². The molecule has 0 radical (unpaired) electrons. The minimum atomic E-state index is -0.172. The molecule has 1 fully saturated rings. The second-order valence-corrected chi connectivity index (χ2v) is 6.54. The van der Waals surface area contributed by atoms with Gasteiger partial charge in [0.15, 0.2) is 0 Å². The van der Waals surface area contributed by atoms with Gasteiger partial charge in [0, 0.05) is 30.1 Å². The van der Waals surface area contributed by atoms with Crippen LogP contribution in [-0.2, 0) is 9.53 Å². The predicted molar refractivity (Wildman–Crippen MR) is 79.3 cm³/mol. The average molecular weight is 276 g/mol. The zero-order chi connectivity index (χ0) is 14.2. The van der Waals surface area contributed by atoms with Gasteiger partial charge in [-0.15, -0.1) is 0 Å². The molecule has 0 aromatic heterocycles. The molecule has 2 aromatic carbocycles. The first-order valence-electron chi connectivity index (χ1n) is 7.56. The Morgan fingerprint density at radius 1 is 0.952 bits per heavy atom. The van der Waals surface area contributed by atoms with E-state index in [1.807, 2.05) is 0 Å². The highest BCUT2D eigenvalue weighted by atomic mass is 16.5. The maximum Gasteiger partial charge on any atom is 0.302 e. The zero-order valence-electron chi connectivity index (χ0n) is 11.9. The minimum Gasteiger partial charge on any atom is -0.465 e. The summed E-state index contributed by atoms with van der Waals surface area (Å²) in [6, 6.07) is 17.5. The van der Waals surface area contributed by atoms with Gasteiger partial charge in [-0.2, -0.15) is 0 Å². The summed E-state index contributed by atoms with van der Waals surface area (Å²) in [5.41, 5.74) is 5.91. The van der Waals surface area contributed by atoms with Crippen molar-refractivity contribution in [3.63, 3.8) is 0 Å². The molecular weight excluding hydrogens is 260 g/mol. The summed E-state index contributed by atoms with van der Waals surface area (Å²) in [6.07, 6.45) is 0. The van der Waals surface area contributed by atoms with Gasteiger partial charge in [-0.05, 0) is 22.3 Å². The lowest BCUT2D eigenvalue weighted by Gasteiger charge is -2.21. The van der Waals surface area contributed by atoms with Crippen molar-refractivity contribution in [2.24, 2.45) is 5.41 Å². The number of hydrogen-bond donors (Lipinski definition) is 0. The van der Waals surface area contributed by atoms with Crippen LogP contribution in [0.15, 0.2) is 48.5 Å². The fourth-order valence-electron chi connectivity index (χ4n) is 5.11. The third kappa shape index (κ3) is 1.18. The quantitative estimate of drug-likeness (QED) is 0.784. The van der Waals surface area contributed by atoms with Gasteiger partial charge in [-0.25, -0.2) is 0 Å². The number of rotatable bonds is 2. The van der Waals surface area contributed by atoms with Crippen LogP contribution in [-0.4, -0.2) is 12.6 Å². The molecular formula is C19H16O2. The number of carbonyl (C=O) groups is 1. The van der Waals surface area contributed by atoms with Crippen molar-refractivity contribution in [3.05, 3.63) is 70.8 Å². The van der Waals surface area contributed by atoms with Crippen molar-refractivity contribution >= 4 is 5.97 Å². The van der Waals surface area contributed by atoms with E-state index in [1.165, 1.54) is 29.2 Å². The maximum absolute atomic E-state index is 11.3. The van der Waals surface area contributed by atoms with E-state index in [4.69, 9.17) is 4.74 Å². The zero-order valence-corrected chi connectivity index (χ0v) is 11.9. The molecule has 104 valence electrons. The Morgan fingerprint density at radius 2 is 1.43 bits per heavy atom. The second kappa shape index (κ2) is 3.56. The molecule has 21 heavy (non-hydrogen) atoms. The molecule has 4 atom stereocenters. The first-order valence-corrected chi connectivity index (χ1v) is 7.56. The largest absolute Gasteiger partial charge is 0.465 e. The summed E-state index contributed by atoms with van der Waals surface area (Å²) in [4.78, 5) is 11.3. The number of carbonyl (C=O) groups excluding carboxylic acids is 1. The molecule has 0 spiro atoms. The molecule has 0 bridgehead atoms. The molecule has 2 heteroatoms. The molecule has 2 unspecified atom stereocenters. The molecule has 2 nitrogen and oxygen atoms in total. The van der Waals surface area contributed by atoms with Crippen molar-refractivity contribution in [2.75, 3.05) is 6.61 Å². The van der Waals surface area contributed by atoms with Crippen LogP contribution in [0.2, 0.25) is 0 Å². The van der Waals surface area contributed by atoms with Crippen molar-refractivity contribution in [1.82, 2.24) is 0 Å². The van der Waals surface area contributed by atoms with Gasteiger partial charge in [-0.1, -0.05) is 48.5 Å². The number of ether oxygens (including phenoxy) is 1. The highest BCUT2D eigenvalue weighted by molar-refractivity contribution is 5.69. The van der Waals surface area contributed by atoms with Crippen LogP contribution < -0.4 is 0 Å². The number of hydrogen-bond acceptors (Lipinski definition) is 2. The summed E-state index contributed by atoms with van der Waals surface area (Å²) >= 11 is 0. The van der Waals surface area contributed by atoms with Crippen LogP contribution in [0.25, 0.3) is 0 Å².